The van der Waals surface area contributed by atoms with Crippen molar-refractivity contribution in [3.63, 3.8) is 0 Å². The van der Waals surface area contributed by atoms with E-state index in [-0.39, 0.29) is 17.1 Å². The lowest BCUT2D eigenvalue weighted by Crippen LogP contribution is -2.35. The van der Waals surface area contributed by atoms with E-state index in [0.717, 1.165) is 13.1 Å². The maximum Gasteiger partial charge on any atom is 0.434 e. The van der Waals surface area contributed by atoms with Gasteiger partial charge in [-0.25, -0.2) is 4.39 Å². The van der Waals surface area contributed by atoms with Gasteiger partial charge < -0.3 is 15.8 Å². The number of halogens is 5. The summed E-state index contributed by atoms with van der Waals surface area (Å²) >= 11 is 5.78. The van der Waals surface area contributed by atoms with Crippen LogP contribution in [-0.4, -0.2) is 21.8 Å². The molecule has 1 aliphatic heterocycles. The van der Waals surface area contributed by atoms with Crippen LogP contribution >= 0.6 is 11.6 Å². The van der Waals surface area contributed by atoms with Crippen LogP contribution in [0.5, 0.6) is 5.75 Å². The molecule has 3 rings (SSSR count). The van der Waals surface area contributed by atoms with Gasteiger partial charge in [0.05, 0.1) is 16.3 Å². The molecule has 1 unspecified atom stereocenters. The third-order valence-corrected chi connectivity index (χ3v) is 4.06. The second kappa shape index (κ2) is 5.51. The molecule has 1 atom stereocenters. The van der Waals surface area contributed by atoms with Gasteiger partial charge in [-0.2, -0.15) is 18.3 Å². The first-order valence-corrected chi connectivity index (χ1v) is 7.29. The van der Waals surface area contributed by atoms with E-state index < -0.39 is 46.0 Å². The highest BCUT2D eigenvalue weighted by molar-refractivity contribution is 6.34. The van der Waals surface area contributed by atoms with Crippen LogP contribution in [0.4, 0.5) is 28.9 Å². The molecule has 2 heterocycles. The molecule has 0 aliphatic carbocycles. The number of benzene rings is 1. The number of aromatic nitrogens is 2. The second-order valence-electron chi connectivity index (χ2n) is 5.40. The number of fused-ring (bicyclic) bond motifs is 1. The molecule has 1 aromatic heterocycles. The summed E-state index contributed by atoms with van der Waals surface area (Å²) in [5.41, 5.74) is 3.31. The van der Waals surface area contributed by atoms with Crippen molar-refractivity contribution in [1.29, 1.82) is 0 Å². The number of nitrogen functional groups attached to an aromatic ring is 1. The number of aryl methyl sites for hydroxylation is 1. The zero-order valence-corrected chi connectivity index (χ0v) is 13.6. The van der Waals surface area contributed by atoms with E-state index in [9.17, 15) is 22.4 Å². The first kappa shape index (κ1) is 17.3. The zero-order chi connectivity index (χ0) is 18.7. The minimum Gasteiger partial charge on any atom is -0.479 e. The van der Waals surface area contributed by atoms with Gasteiger partial charge in [-0.15, -0.1) is 0 Å². The number of carbonyl (C=O) groups is 1. The summed E-state index contributed by atoms with van der Waals surface area (Å²) in [6.45, 7) is 1.45. The van der Waals surface area contributed by atoms with Crippen molar-refractivity contribution < 1.29 is 27.1 Å². The number of anilines is 2. The number of alkyl halides is 3. The van der Waals surface area contributed by atoms with Crippen molar-refractivity contribution in [3.8, 4) is 17.0 Å². The molecule has 134 valence electrons. The first-order valence-electron chi connectivity index (χ1n) is 6.92. The molecule has 0 saturated heterocycles. The predicted molar refractivity (Wildman–Crippen MR) is 81.7 cm³/mol. The molecule has 0 fully saturated rings. The number of hydrogen-bond acceptors (Lipinski definition) is 4. The molecule has 2 aromatic rings. The number of amides is 1. The molecule has 1 aliphatic rings. The Labute approximate surface area is 143 Å². The molecule has 25 heavy (non-hydrogen) atoms. The average molecular weight is 379 g/mol. The fraction of sp³-hybridized carbons (Fsp3) is 0.286. The largest absolute Gasteiger partial charge is 0.479 e. The molecule has 11 heteroatoms. The molecule has 3 N–H and O–H groups in total. The average Bonchev–Trinajstić information content (AvgIpc) is 2.76. The highest BCUT2D eigenvalue weighted by Gasteiger charge is 2.40. The Kier molecular flexibility index (Phi) is 3.82. The van der Waals surface area contributed by atoms with Gasteiger partial charge in [0.25, 0.3) is 5.91 Å². The highest BCUT2D eigenvalue weighted by Crippen LogP contribution is 2.46. The number of nitrogens with zero attached hydrogens (tertiary/aromatic N) is 2. The van der Waals surface area contributed by atoms with Crippen molar-refractivity contribution in [1.82, 2.24) is 9.78 Å². The summed E-state index contributed by atoms with van der Waals surface area (Å²) < 4.78 is 59.4. The quantitative estimate of drug-likeness (QED) is 0.589. The monoisotopic (exact) mass is 378 g/mol. The summed E-state index contributed by atoms with van der Waals surface area (Å²) in [7, 11) is 1.03. The standard InChI is InChI=1S/C14H11ClF4N4O2/c1-4-13(24)21-10-6(25-4)3-5(16)7(9(10)20)11-8(15)12(14(17,18)19)23(2)22-11/h3-4H,20H2,1-2H3,(H,21,24). The molecule has 0 spiro atoms. The number of nitrogens with one attached hydrogen (secondary N) is 1. The third kappa shape index (κ3) is 2.66. The zero-order valence-electron chi connectivity index (χ0n) is 12.8. The molecule has 0 bridgehead atoms. The van der Waals surface area contributed by atoms with Crippen molar-refractivity contribution in [2.45, 2.75) is 19.2 Å². The maximum atomic E-state index is 14.5. The summed E-state index contributed by atoms with van der Waals surface area (Å²) in [5.74, 6) is -1.54. The minimum atomic E-state index is -4.79. The minimum absolute atomic E-state index is 0.0334. The van der Waals surface area contributed by atoms with E-state index in [1.165, 1.54) is 6.92 Å². The summed E-state index contributed by atoms with van der Waals surface area (Å²) in [6.07, 6.45) is -5.66. The number of ether oxygens (including phenoxy) is 1. The molecule has 0 saturated carbocycles. The van der Waals surface area contributed by atoms with Crippen LogP contribution in [-0.2, 0) is 18.0 Å². The van der Waals surface area contributed by atoms with Gasteiger partial charge in [0, 0.05) is 13.1 Å². The van der Waals surface area contributed by atoms with E-state index in [4.69, 9.17) is 22.1 Å². The number of carbonyl (C=O) groups excluding carboxylic acids is 1. The topological polar surface area (TPSA) is 82.2 Å². The van der Waals surface area contributed by atoms with Gasteiger partial charge in [-0.05, 0) is 6.92 Å². The van der Waals surface area contributed by atoms with Crippen LogP contribution in [0.15, 0.2) is 6.07 Å². The molecule has 0 radical (unpaired) electrons. The summed E-state index contributed by atoms with van der Waals surface area (Å²) in [4.78, 5) is 11.7. The van der Waals surface area contributed by atoms with Crippen LogP contribution < -0.4 is 15.8 Å². The lowest BCUT2D eigenvalue weighted by atomic mass is 10.0. The summed E-state index contributed by atoms with van der Waals surface area (Å²) in [6, 6.07) is 0.912. The van der Waals surface area contributed by atoms with Crippen molar-refractivity contribution in [2.24, 2.45) is 7.05 Å². The van der Waals surface area contributed by atoms with Crippen molar-refractivity contribution in [2.75, 3.05) is 11.1 Å². The Balaban J connectivity index is 2.24. The number of nitrogens with two attached hydrogens (primary N) is 1. The Bertz CT molecular complexity index is 894. The molecular weight excluding hydrogens is 368 g/mol. The lowest BCUT2D eigenvalue weighted by Gasteiger charge is -2.25. The highest BCUT2D eigenvalue weighted by atomic mass is 35.5. The Morgan fingerprint density at radius 2 is 2.08 bits per heavy atom. The van der Waals surface area contributed by atoms with Crippen LogP contribution in [0.1, 0.15) is 12.6 Å². The van der Waals surface area contributed by atoms with Gasteiger partial charge >= 0.3 is 6.18 Å². The third-order valence-electron chi connectivity index (χ3n) is 3.70. The smallest absolute Gasteiger partial charge is 0.434 e. The van der Waals surface area contributed by atoms with Crippen LogP contribution in [0, 0.1) is 5.82 Å². The molecular formula is C14H11ClF4N4O2. The molecule has 1 aromatic carbocycles. The molecule has 1 amide bonds. The van der Waals surface area contributed by atoms with Gasteiger partial charge in [0.1, 0.15) is 22.9 Å². The van der Waals surface area contributed by atoms with Crippen LogP contribution in [0.2, 0.25) is 5.02 Å². The SMILES string of the molecule is CC1Oc2cc(F)c(-c3nn(C)c(C(F)(F)F)c3Cl)c(N)c2NC1=O. The van der Waals surface area contributed by atoms with Crippen LogP contribution in [0.25, 0.3) is 11.3 Å². The van der Waals surface area contributed by atoms with Crippen molar-refractivity contribution >= 4 is 28.9 Å². The summed E-state index contributed by atoms with van der Waals surface area (Å²) in [5, 5.41) is 5.28. The Morgan fingerprint density at radius 3 is 2.64 bits per heavy atom. The second-order valence-corrected chi connectivity index (χ2v) is 5.78. The van der Waals surface area contributed by atoms with Gasteiger partial charge in [-0.1, -0.05) is 11.6 Å². The molecule has 6 nitrogen and oxygen atoms in total. The lowest BCUT2D eigenvalue weighted by molar-refractivity contribution is -0.143. The number of rotatable bonds is 1. The number of hydrogen-bond donors (Lipinski definition) is 2. The predicted octanol–water partition coefficient (Wildman–Crippen LogP) is 3.20. The van der Waals surface area contributed by atoms with E-state index in [1.807, 2.05) is 0 Å². The fourth-order valence-corrected chi connectivity index (χ4v) is 2.90. The first-order chi connectivity index (χ1) is 11.5. The normalized spacial score (nSPS) is 17.1. The Morgan fingerprint density at radius 1 is 1.44 bits per heavy atom. The Hall–Kier alpha value is -2.49. The van der Waals surface area contributed by atoms with Gasteiger partial charge in [0.2, 0.25) is 0 Å². The van der Waals surface area contributed by atoms with Gasteiger partial charge in [-0.3, -0.25) is 9.48 Å². The van der Waals surface area contributed by atoms with E-state index in [1.54, 1.807) is 0 Å². The van der Waals surface area contributed by atoms with Crippen molar-refractivity contribution in [3.05, 3.63) is 22.6 Å². The maximum absolute atomic E-state index is 14.5. The van der Waals surface area contributed by atoms with E-state index >= 15 is 0 Å². The van der Waals surface area contributed by atoms with Gasteiger partial charge in [0.15, 0.2) is 11.8 Å². The van der Waals surface area contributed by atoms with E-state index in [0.29, 0.717) is 4.68 Å². The van der Waals surface area contributed by atoms with Crippen LogP contribution in [0.3, 0.4) is 0 Å². The van der Waals surface area contributed by atoms with E-state index in [2.05, 4.69) is 10.4 Å². The fourth-order valence-electron chi connectivity index (χ4n) is 2.54.